The van der Waals surface area contributed by atoms with Crippen LogP contribution in [0.2, 0.25) is 0 Å². The van der Waals surface area contributed by atoms with E-state index < -0.39 is 0 Å². The molecule has 0 aromatic carbocycles. The smallest absolute Gasteiger partial charge is 0.258 e. The topological polar surface area (TPSA) is 68.5 Å². The molecular formula is C14H18BrN3O2. The molecule has 1 saturated carbocycles. The zero-order valence-corrected chi connectivity index (χ0v) is 12.8. The van der Waals surface area contributed by atoms with E-state index in [0.717, 1.165) is 23.7 Å². The van der Waals surface area contributed by atoms with E-state index in [1.165, 1.54) is 6.42 Å². The van der Waals surface area contributed by atoms with Crippen LogP contribution in [0.4, 0.5) is 5.82 Å². The number of carbonyl (C=O) groups excluding carboxylic acids is 1. The summed E-state index contributed by atoms with van der Waals surface area (Å²) in [5, 5.41) is 0. The molecule has 1 aromatic rings. The number of morpholine rings is 1. The Bertz CT molecular complexity index is 521. The number of nitrogens with two attached hydrogens (primary N) is 1. The first-order chi connectivity index (χ1) is 9.66. The number of pyridine rings is 1. The van der Waals surface area contributed by atoms with Gasteiger partial charge in [-0.05, 0) is 34.8 Å². The average Bonchev–Trinajstić information content (AvgIpc) is 2.48. The Morgan fingerprint density at radius 3 is 3.10 bits per heavy atom. The van der Waals surface area contributed by atoms with Gasteiger partial charge in [-0.1, -0.05) is 12.8 Å². The maximum absolute atomic E-state index is 12.8. The Kier molecular flexibility index (Phi) is 3.94. The minimum Gasteiger partial charge on any atom is -0.383 e. The number of nitrogen functional groups attached to an aromatic ring is 1. The lowest BCUT2D eigenvalue weighted by Crippen LogP contribution is -2.54. The lowest BCUT2D eigenvalue weighted by molar-refractivity contribution is -0.0752. The number of halogens is 1. The van der Waals surface area contributed by atoms with E-state index in [-0.39, 0.29) is 23.9 Å². The van der Waals surface area contributed by atoms with E-state index in [1.807, 2.05) is 4.90 Å². The van der Waals surface area contributed by atoms with Crippen molar-refractivity contribution in [1.29, 1.82) is 0 Å². The summed E-state index contributed by atoms with van der Waals surface area (Å²) >= 11 is 3.34. The van der Waals surface area contributed by atoms with Gasteiger partial charge in [0.1, 0.15) is 5.82 Å². The van der Waals surface area contributed by atoms with Crippen molar-refractivity contribution in [2.45, 2.75) is 37.8 Å². The molecule has 2 heterocycles. The van der Waals surface area contributed by atoms with Crippen LogP contribution < -0.4 is 5.73 Å². The quantitative estimate of drug-likeness (QED) is 0.851. The molecule has 2 atom stereocenters. The normalized spacial score (nSPS) is 26.1. The third kappa shape index (κ3) is 2.54. The molecule has 5 nitrogen and oxygen atoms in total. The molecule has 2 N–H and O–H groups in total. The number of rotatable bonds is 1. The van der Waals surface area contributed by atoms with Crippen molar-refractivity contribution >= 4 is 27.7 Å². The lowest BCUT2D eigenvalue weighted by atomic mass is 9.89. The predicted octanol–water partition coefficient (Wildman–Crippen LogP) is 2.21. The van der Waals surface area contributed by atoms with Crippen molar-refractivity contribution in [3.8, 4) is 0 Å². The van der Waals surface area contributed by atoms with Gasteiger partial charge in [0.2, 0.25) is 0 Å². The summed E-state index contributed by atoms with van der Waals surface area (Å²) in [6, 6.07) is 1.93. The Morgan fingerprint density at radius 1 is 1.45 bits per heavy atom. The van der Waals surface area contributed by atoms with E-state index in [0.29, 0.717) is 18.7 Å². The highest BCUT2D eigenvalue weighted by atomic mass is 79.9. The van der Waals surface area contributed by atoms with Crippen molar-refractivity contribution in [2.75, 3.05) is 18.9 Å². The van der Waals surface area contributed by atoms with Crippen LogP contribution >= 0.6 is 15.9 Å². The summed E-state index contributed by atoms with van der Waals surface area (Å²) in [5.41, 5.74) is 6.33. The molecule has 1 amide bonds. The van der Waals surface area contributed by atoms with Crippen LogP contribution in [0.5, 0.6) is 0 Å². The molecule has 1 saturated heterocycles. The Labute approximate surface area is 126 Å². The maximum atomic E-state index is 12.8. The van der Waals surface area contributed by atoms with Gasteiger partial charge in [-0.3, -0.25) is 4.79 Å². The van der Waals surface area contributed by atoms with Gasteiger partial charge in [0.05, 0.1) is 24.3 Å². The summed E-state index contributed by atoms with van der Waals surface area (Å²) in [6.07, 6.45) is 6.18. The molecule has 2 aliphatic rings. The van der Waals surface area contributed by atoms with E-state index in [9.17, 15) is 4.79 Å². The number of amides is 1. The van der Waals surface area contributed by atoms with E-state index in [1.54, 1.807) is 12.3 Å². The molecule has 0 radical (unpaired) electrons. The van der Waals surface area contributed by atoms with Gasteiger partial charge in [0, 0.05) is 17.2 Å². The molecule has 2 fully saturated rings. The van der Waals surface area contributed by atoms with Crippen molar-refractivity contribution in [2.24, 2.45) is 0 Å². The van der Waals surface area contributed by atoms with Gasteiger partial charge in [-0.15, -0.1) is 0 Å². The first kappa shape index (κ1) is 13.8. The number of hydrogen-bond acceptors (Lipinski definition) is 4. The van der Waals surface area contributed by atoms with Crippen molar-refractivity contribution in [3.63, 3.8) is 0 Å². The van der Waals surface area contributed by atoms with Crippen LogP contribution in [0.3, 0.4) is 0 Å². The summed E-state index contributed by atoms with van der Waals surface area (Å²) in [7, 11) is 0. The van der Waals surface area contributed by atoms with Crippen LogP contribution in [0, 0.1) is 0 Å². The number of nitrogens with zero attached hydrogens (tertiary/aromatic N) is 2. The number of fused-ring (bicyclic) bond motifs is 1. The number of anilines is 1. The zero-order chi connectivity index (χ0) is 14.1. The van der Waals surface area contributed by atoms with Crippen LogP contribution in [-0.2, 0) is 4.74 Å². The second-order valence-corrected chi connectivity index (χ2v) is 6.26. The highest BCUT2D eigenvalue weighted by molar-refractivity contribution is 9.10. The highest BCUT2D eigenvalue weighted by Gasteiger charge is 2.37. The third-order valence-electron chi connectivity index (χ3n) is 4.11. The Hall–Kier alpha value is -1.14. The second-order valence-electron chi connectivity index (χ2n) is 5.35. The molecule has 6 heteroatoms. The van der Waals surface area contributed by atoms with E-state index >= 15 is 0 Å². The van der Waals surface area contributed by atoms with Gasteiger partial charge in [-0.2, -0.15) is 0 Å². The van der Waals surface area contributed by atoms with Gasteiger partial charge in [0.15, 0.2) is 0 Å². The molecular weight excluding hydrogens is 322 g/mol. The van der Waals surface area contributed by atoms with Crippen molar-refractivity contribution < 1.29 is 9.53 Å². The number of hydrogen-bond donors (Lipinski definition) is 1. The van der Waals surface area contributed by atoms with E-state index in [2.05, 4.69) is 20.9 Å². The predicted molar refractivity (Wildman–Crippen MR) is 79.4 cm³/mol. The third-order valence-corrected chi connectivity index (χ3v) is 4.54. The zero-order valence-electron chi connectivity index (χ0n) is 11.2. The van der Waals surface area contributed by atoms with Crippen LogP contribution in [0.15, 0.2) is 16.7 Å². The minimum absolute atomic E-state index is 0.0310. The van der Waals surface area contributed by atoms with Crippen LogP contribution in [0.25, 0.3) is 0 Å². The van der Waals surface area contributed by atoms with Crippen molar-refractivity contribution in [3.05, 3.63) is 22.3 Å². The lowest BCUT2D eigenvalue weighted by Gasteiger charge is -2.43. The molecule has 0 spiro atoms. The van der Waals surface area contributed by atoms with Crippen molar-refractivity contribution in [1.82, 2.24) is 9.88 Å². The molecule has 108 valence electrons. The highest BCUT2D eigenvalue weighted by Crippen LogP contribution is 2.30. The summed E-state index contributed by atoms with van der Waals surface area (Å²) in [6.45, 7) is 1.24. The van der Waals surface area contributed by atoms with Crippen LogP contribution in [-0.4, -0.2) is 41.1 Å². The number of carbonyl (C=O) groups is 1. The fraction of sp³-hybridized carbons (Fsp3) is 0.571. The van der Waals surface area contributed by atoms with Gasteiger partial charge in [-0.25, -0.2) is 4.98 Å². The largest absolute Gasteiger partial charge is 0.383 e. The molecule has 2 unspecified atom stereocenters. The maximum Gasteiger partial charge on any atom is 0.258 e. The first-order valence-electron chi connectivity index (χ1n) is 7.00. The van der Waals surface area contributed by atoms with Crippen LogP contribution in [0.1, 0.15) is 36.0 Å². The Balaban J connectivity index is 1.87. The fourth-order valence-electron chi connectivity index (χ4n) is 3.12. The van der Waals surface area contributed by atoms with Gasteiger partial charge < -0.3 is 15.4 Å². The molecule has 1 aliphatic heterocycles. The second kappa shape index (κ2) is 5.69. The molecule has 1 aromatic heterocycles. The molecule has 3 rings (SSSR count). The number of aromatic nitrogens is 1. The molecule has 0 bridgehead atoms. The standard InChI is InChI=1S/C14H18BrN3O2/c15-9-7-10(13(16)17-8-9)14(19)18-5-6-20-12-4-2-1-3-11(12)18/h7-8,11-12H,1-6H2,(H2,16,17). The minimum atomic E-state index is -0.0310. The average molecular weight is 340 g/mol. The number of ether oxygens (including phenoxy) is 1. The summed E-state index contributed by atoms with van der Waals surface area (Å²) in [5.74, 6) is 0.258. The van der Waals surface area contributed by atoms with Gasteiger partial charge >= 0.3 is 0 Å². The monoisotopic (exact) mass is 339 g/mol. The fourth-order valence-corrected chi connectivity index (χ4v) is 3.46. The Morgan fingerprint density at radius 2 is 2.25 bits per heavy atom. The van der Waals surface area contributed by atoms with E-state index in [4.69, 9.17) is 10.5 Å². The first-order valence-corrected chi connectivity index (χ1v) is 7.79. The SMILES string of the molecule is Nc1ncc(Br)cc1C(=O)N1CCOC2CCCCC21. The summed E-state index contributed by atoms with van der Waals surface area (Å²) < 4.78 is 6.57. The molecule has 20 heavy (non-hydrogen) atoms. The summed E-state index contributed by atoms with van der Waals surface area (Å²) in [4.78, 5) is 18.7. The molecule has 1 aliphatic carbocycles. The van der Waals surface area contributed by atoms with Gasteiger partial charge in [0.25, 0.3) is 5.91 Å².